The average molecular weight is 330 g/mol. The predicted octanol–water partition coefficient (Wildman–Crippen LogP) is 3.30. The third-order valence-electron chi connectivity index (χ3n) is 3.17. The highest BCUT2D eigenvalue weighted by Gasteiger charge is 2.19. The van der Waals surface area contributed by atoms with Crippen LogP contribution in [0, 0.1) is 0 Å². The van der Waals surface area contributed by atoms with Crippen LogP contribution in [0.1, 0.15) is 18.1 Å². The van der Waals surface area contributed by atoms with Crippen LogP contribution in [0.15, 0.2) is 54.6 Å². The summed E-state index contributed by atoms with van der Waals surface area (Å²) in [6.45, 7) is 1.43. The number of hydrogen-bond donors (Lipinski definition) is 1. The number of amides is 1. The molecule has 0 saturated heterocycles. The Kier molecular flexibility index (Phi) is 5.55. The number of esters is 1. The second-order valence-corrected chi connectivity index (χ2v) is 5.36. The van der Waals surface area contributed by atoms with Gasteiger partial charge in [0.2, 0.25) is 0 Å². The Bertz CT molecular complexity index is 724. The summed E-state index contributed by atoms with van der Waals surface area (Å²) in [6, 6.07) is 16.1. The lowest BCUT2D eigenvalue weighted by atomic mass is 10.0. The molecular weight excluding hydrogens is 314 g/mol. The number of ether oxygens (including phenoxy) is 1. The molecule has 5 heteroatoms. The quantitative estimate of drug-likeness (QED) is 0.520. The van der Waals surface area contributed by atoms with E-state index in [4.69, 9.17) is 22.1 Å². The van der Waals surface area contributed by atoms with Gasteiger partial charge in [-0.2, -0.15) is 0 Å². The Morgan fingerprint density at radius 3 is 2.26 bits per heavy atom. The maximum atomic E-state index is 12.4. The lowest BCUT2D eigenvalue weighted by Gasteiger charge is -2.12. The van der Waals surface area contributed by atoms with Gasteiger partial charge in [0.15, 0.2) is 6.10 Å². The van der Waals surface area contributed by atoms with E-state index >= 15 is 0 Å². The summed E-state index contributed by atoms with van der Waals surface area (Å²) in [5.74, 6) is -1.32. The van der Waals surface area contributed by atoms with E-state index in [1.807, 2.05) is 30.3 Å². The van der Waals surface area contributed by atoms with Crippen molar-refractivity contribution >= 4 is 35.1 Å². The molecule has 1 atom stereocenters. The second kappa shape index (κ2) is 7.61. The van der Waals surface area contributed by atoms with Crippen molar-refractivity contribution in [1.82, 2.24) is 0 Å². The minimum atomic E-state index is -1.01. The van der Waals surface area contributed by atoms with E-state index in [-0.39, 0.29) is 0 Å². The number of benzene rings is 2. The average Bonchev–Trinajstić information content (AvgIpc) is 2.54. The molecule has 0 bridgehead atoms. The molecular formula is C18H16ClNO3. The van der Waals surface area contributed by atoms with Crippen molar-refractivity contribution in [2.45, 2.75) is 13.0 Å². The van der Waals surface area contributed by atoms with Crippen LogP contribution in [0.3, 0.4) is 0 Å². The maximum absolute atomic E-state index is 12.4. The molecule has 0 aliphatic heterocycles. The lowest BCUT2D eigenvalue weighted by molar-refractivity contribution is -0.147. The summed E-state index contributed by atoms with van der Waals surface area (Å²) in [6.07, 6.45) is 0.688. The van der Waals surface area contributed by atoms with Crippen LogP contribution in [0.4, 0.5) is 0 Å². The molecule has 0 heterocycles. The number of rotatable bonds is 5. The number of primary amides is 1. The standard InChI is InChI=1S/C18H16ClNO3/c1-12(17(20)21)23-18(22)16(11-13-5-3-2-4-6-13)14-7-9-15(19)10-8-14/h2-12H,1H3,(H2,20,21)/b16-11+/t12-/m1/s1. The van der Waals surface area contributed by atoms with Crippen LogP contribution in [-0.4, -0.2) is 18.0 Å². The minimum absolute atomic E-state index is 0.320. The summed E-state index contributed by atoms with van der Waals surface area (Å²) >= 11 is 5.89. The van der Waals surface area contributed by atoms with Crippen molar-refractivity contribution in [2.75, 3.05) is 0 Å². The summed E-state index contributed by atoms with van der Waals surface area (Å²) in [4.78, 5) is 23.5. The van der Waals surface area contributed by atoms with E-state index in [0.717, 1.165) is 5.56 Å². The Hall–Kier alpha value is -2.59. The first-order chi connectivity index (χ1) is 11.0. The van der Waals surface area contributed by atoms with E-state index in [2.05, 4.69) is 0 Å². The van der Waals surface area contributed by atoms with Gasteiger partial charge in [0.1, 0.15) is 0 Å². The van der Waals surface area contributed by atoms with Crippen molar-refractivity contribution in [2.24, 2.45) is 5.73 Å². The zero-order valence-electron chi connectivity index (χ0n) is 12.5. The Morgan fingerprint density at radius 1 is 1.09 bits per heavy atom. The van der Waals surface area contributed by atoms with Crippen LogP contribution in [0.5, 0.6) is 0 Å². The van der Waals surface area contributed by atoms with E-state index < -0.39 is 18.0 Å². The summed E-state index contributed by atoms with van der Waals surface area (Å²) in [7, 11) is 0. The third kappa shape index (κ3) is 4.69. The number of nitrogens with two attached hydrogens (primary N) is 1. The fourth-order valence-electron chi connectivity index (χ4n) is 1.89. The topological polar surface area (TPSA) is 69.4 Å². The maximum Gasteiger partial charge on any atom is 0.339 e. The van der Waals surface area contributed by atoms with Gasteiger partial charge in [0.25, 0.3) is 5.91 Å². The van der Waals surface area contributed by atoms with Gasteiger partial charge in [0.05, 0.1) is 5.57 Å². The lowest BCUT2D eigenvalue weighted by Crippen LogP contribution is -2.30. The first kappa shape index (κ1) is 16.8. The number of hydrogen-bond acceptors (Lipinski definition) is 3. The molecule has 2 rings (SSSR count). The normalized spacial score (nSPS) is 12.5. The van der Waals surface area contributed by atoms with Crippen LogP contribution in [0.2, 0.25) is 5.02 Å². The highest BCUT2D eigenvalue weighted by molar-refractivity contribution is 6.30. The van der Waals surface area contributed by atoms with E-state index in [0.29, 0.717) is 16.2 Å². The molecule has 23 heavy (non-hydrogen) atoms. The Balaban J connectivity index is 2.39. The number of carbonyl (C=O) groups is 2. The van der Waals surface area contributed by atoms with Crippen LogP contribution in [-0.2, 0) is 14.3 Å². The number of halogens is 1. The predicted molar refractivity (Wildman–Crippen MR) is 90.5 cm³/mol. The molecule has 118 valence electrons. The molecule has 4 nitrogen and oxygen atoms in total. The molecule has 0 unspecified atom stereocenters. The molecule has 0 radical (unpaired) electrons. The molecule has 2 N–H and O–H groups in total. The first-order valence-electron chi connectivity index (χ1n) is 7.00. The van der Waals surface area contributed by atoms with Gasteiger partial charge in [-0.05, 0) is 36.3 Å². The molecule has 2 aromatic rings. The van der Waals surface area contributed by atoms with Gasteiger partial charge >= 0.3 is 5.97 Å². The highest BCUT2D eigenvalue weighted by atomic mass is 35.5. The molecule has 0 fully saturated rings. The molecule has 0 saturated carbocycles. The largest absolute Gasteiger partial charge is 0.449 e. The molecule has 0 aromatic heterocycles. The molecule has 0 aliphatic rings. The van der Waals surface area contributed by atoms with E-state index in [9.17, 15) is 9.59 Å². The van der Waals surface area contributed by atoms with Gasteiger partial charge in [-0.15, -0.1) is 0 Å². The highest BCUT2D eigenvalue weighted by Crippen LogP contribution is 2.22. The smallest absolute Gasteiger partial charge is 0.339 e. The van der Waals surface area contributed by atoms with Gasteiger partial charge < -0.3 is 10.5 Å². The fourth-order valence-corrected chi connectivity index (χ4v) is 2.01. The van der Waals surface area contributed by atoms with Crippen molar-refractivity contribution in [3.8, 4) is 0 Å². The van der Waals surface area contributed by atoms with Crippen molar-refractivity contribution in [1.29, 1.82) is 0 Å². The monoisotopic (exact) mass is 329 g/mol. The van der Waals surface area contributed by atoms with Crippen LogP contribution in [0.25, 0.3) is 11.6 Å². The zero-order valence-corrected chi connectivity index (χ0v) is 13.3. The number of carbonyl (C=O) groups excluding carboxylic acids is 2. The Morgan fingerprint density at radius 2 is 1.70 bits per heavy atom. The van der Waals surface area contributed by atoms with Crippen LogP contribution >= 0.6 is 11.6 Å². The van der Waals surface area contributed by atoms with E-state index in [1.54, 1.807) is 30.3 Å². The SMILES string of the molecule is C[C@@H](OC(=O)/C(=C/c1ccccc1)c1ccc(Cl)cc1)C(N)=O. The van der Waals surface area contributed by atoms with Crippen LogP contribution < -0.4 is 5.73 Å². The fraction of sp³-hybridized carbons (Fsp3) is 0.111. The third-order valence-corrected chi connectivity index (χ3v) is 3.42. The van der Waals surface area contributed by atoms with E-state index in [1.165, 1.54) is 6.92 Å². The van der Waals surface area contributed by atoms with Gasteiger partial charge in [-0.3, -0.25) is 4.79 Å². The zero-order chi connectivity index (χ0) is 16.8. The van der Waals surface area contributed by atoms with Gasteiger partial charge in [-0.1, -0.05) is 54.1 Å². The summed E-state index contributed by atoms with van der Waals surface area (Å²) in [5.41, 5.74) is 6.94. The first-order valence-corrected chi connectivity index (χ1v) is 7.38. The molecule has 2 aromatic carbocycles. The van der Waals surface area contributed by atoms with Crippen molar-refractivity contribution < 1.29 is 14.3 Å². The van der Waals surface area contributed by atoms with Gasteiger partial charge in [0, 0.05) is 5.02 Å². The molecule has 0 spiro atoms. The summed E-state index contributed by atoms with van der Waals surface area (Å²) in [5, 5.41) is 0.562. The summed E-state index contributed by atoms with van der Waals surface area (Å²) < 4.78 is 5.12. The van der Waals surface area contributed by atoms with Crippen molar-refractivity contribution in [3.05, 3.63) is 70.7 Å². The molecule has 0 aliphatic carbocycles. The Labute approximate surface area is 139 Å². The van der Waals surface area contributed by atoms with Gasteiger partial charge in [-0.25, -0.2) is 4.79 Å². The molecule has 1 amide bonds. The minimum Gasteiger partial charge on any atom is -0.449 e. The second-order valence-electron chi connectivity index (χ2n) is 4.93. The van der Waals surface area contributed by atoms with Crippen molar-refractivity contribution in [3.63, 3.8) is 0 Å².